The average molecular weight is 340 g/mol. The van der Waals surface area contributed by atoms with Crippen molar-refractivity contribution in [1.82, 2.24) is 9.71 Å². The van der Waals surface area contributed by atoms with E-state index in [-0.39, 0.29) is 10.6 Å². The topological polar surface area (TPSA) is 96.4 Å². The van der Waals surface area contributed by atoms with E-state index in [0.717, 1.165) is 16.9 Å². The molecule has 2 aromatic rings. The number of nitrogens with zero attached hydrogens (tertiary/aromatic N) is 1. The fourth-order valence-electron chi connectivity index (χ4n) is 2.03. The molecule has 0 bridgehead atoms. The molecule has 0 aliphatic rings. The highest BCUT2D eigenvalue weighted by Gasteiger charge is 2.28. The van der Waals surface area contributed by atoms with Crippen molar-refractivity contribution < 1.29 is 18.3 Å². The van der Waals surface area contributed by atoms with Gasteiger partial charge in [-0.25, -0.2) is 13.4 Å². The van der Waals surface area contributed by atoms with Crippen LogP contribution in [0.3, 0.4) is 0 Å². The number of carboxylic acids is 1. The number of aryl methyl sites for hydroxylation is 2. The van der Waals surface area contributed by atoms with Crippen molar-refractivity contribution in [3.05, 3.63) is 46.6 Å². The van der Waals surface area contributed by atoms with E-state index in [4.69, 9.17) is 0 Å². The first kappa shape index (κ1) is 16.6. The lowest BCUT2D eigenvalue weighted by atomic mass is 10.1. The molecule has 2 rings (SSSR count). The van der Waals surface area contributed by atoms with Crippen LogP contribution in [0.1, 0.15) is 16.3 Å². The zero-order valence-electron chi connectivity index (χ0n) is 12.1. The van der Waals surface area contributed by atoms with Crippen molar-refractivity contribution in [2.24, 2.45) is 0 Å². The number of thiazole rings is 1. The van der Waals surface area contributed by atoms with Gasteiger partial charge in [0.25, 0.3) is 10.0 Å². The summed E-state index contributed by atoms with van der Waals surface area (Å²) in [6.45, 7) is 3.29. The van der Waals surface area contributed by atoms with Crippen molar-refractivity contribution in [2.45, 2.75) is 30.5 Å². The van der Waals surface area contributed by atoms with Crippen LogP contribution in [0.15, 0.2) is 34.5 Å². The Morgan fingerprint density at radius 3 is 2.45 bits per heavy atom. The first-order valence-corrected chi connectivity index (χ1v) is 8.82. The molecule has 0 radical (unpaired) electrons. The van der Waals surface area contributed by atoms with Gasteiger partial charge in [0.1, 0.15) is 6.04 Å². The third-order valence-electron chi connectivity index (χ3n) is 2.98. The number of rotatable bonds is 6. The van der Waals surface area contributed by atoms with Gasteiger partial charge in [-0.3, -0.25) is 4.79 Å². The first-order valence-electron chi connectivity index (χ1n) is 6.52. The van der Waals surface area contributed by atoms with E-state index in [1.54, 1.807) is 38.1 Å². The van der Waals surface area contributed by atoms with Crippen LogP contribution in [0.5, 0.6) is 0 Å². The van der Waals surface area contributed by atoms with Crippen molar-refractivity contribution in [3.8, 4) is 0 Å². The molecule has 0 unspecified atom stereocenters. The summed E-state index contributed by atoms with van der Waals surface area (Å²) in [4.78, 5) is 15.4. The molecule has 1 aromatic carbocycles. The standard InChI is InChI=1S/C14H16N2O4S2/c1-9-14(21-10(2)15-9)22(19,20)16-12(13(17)18)8-11-6-4-3-5-7-11/h3-7,12,16H,8H2,1-2H3,(H,17,18)/t12-/m1/s1. The van der Waals surface area contributed by atoms with E-state index in [1.165, 1.54) is 0 Å². The summed E-state index contributed by atoms with van der Waals surface area (Å²) in [7, 11) is -3.91. The minimum Gasteiger partial charge on any atom is -0.480 e. The summed E-state index contributed by atoms with van der Waals surface area (Å²) in [5, 5.41) is 9.90. The molecule has 0 fully saturated rings. The normalized spacial score (nSPS) is 13.0. The highest BCUT2D eigenvalue weighted by atomic mass is 32.2. The summed E-state index contributed by atoms with van der Waals surface area (Å²) in [5.74, 6) is -1.22. The number of hydrogen-bond donors (Lipinski definition) is 2. The molecule has 1 aromatic heterocycles. The molecule has 118 valence electrons. The number of benzene rings is 1. The lowest BCUT2D eigenvalue weighted by molar-refractivity contribution is -0.138. The van der Waals surface area contributed by atoms with Crippen LogP contribution in [0.4, 0.5) is 0 Å². The van der Waals surface area contributed by atoms with E-state index in [9.17, 15) is 18.3 Å². The van der Waals surface area contributed by atoms with Crippen molar-refractivity contribution in [1.29, 1.82) is 0 Å². The molecule has 22 heavy (non-hydrogen) atoms. The lowest BCUT2D eigenvalue weighted by Crippen LogP contribution is -2.42. The molecule has 0 saturated heterocycles. The number of carboxylic acid groups (broad SMARTS) is 1. The van der Waals surface area contributed by atoms with Crippen LogP contribution in [0.25, 0.3) is 0 Å². The molecular formula is C14H16N2O4S2. The summed E-state index contributed by atoms with van der Waals surface area (Å²) in [6.07, 6.45) is 0.0756. The average Bonchev–Trinajstić information content (AvgIpc) is 2.79. The zero-order valence-corrected chi connectivity index (χ0v) is 13.7. The third kappa shape index (κ3) is 3.90. The van der Waals surface area contributed by atoms with Gasteiger partial charge in [-0.2, -0.15) is 4.72 Å². The number of aliphatic carboxylic acids is 1. The smallest absolute Gasteiger partial charge is 0.322 e. The van der Waals surface area contributed by atoms with Gasteiger partial charge in [-0.05, 0) is 25.8 Å². The maximum absolute atomic E-state index is 12.4. The van der Waals surface area contributed by atoms with Gasteiger partial charge in [0.15, 0.2) is 4.21 Å². The highest BCUT2D eigenvalue weighted by Crippen LogP contribution is 2.23. The maximum Gasteiger partial charge on any atom is 0.322 e. The molecule has 0 amide bonds. The fraction of sp³-hybridized carbons (Fsp3) is 0.286. The van der Waals surface area contributed by atoms with Gasteiger partial charge in [0.2, 0.25) is 0 Å². The molecule has 0 aliphatic carbocycles. The number of aromatic nitrogens is 1. The van der Waals surface area contributed by atoms with E-state index in [2.05, 4.69) is 9.71 Å². The van der Waals surface area contributed by atoms with Crippen LogP contribution in [-0.4, -0.2) is 30.5 Å². The van der Waals surface area contributed by atoms with Crippen LogP contribution >= 0.6 is 11.3 Å². The largest absolute Gasteiger partial charge is 0.480 e. The van der Waals surface area contributed by atoms with Crippen LogP contribution in [0, 0.1) is 13.8 Å². The zero-order chi connectivity index (χ0) is 16.3. The molecule has 6 nitrogen and oxygen atoms in total. The Bertz CT molecular complexity index is 769. The number of carbonyl (C=O) groups is 1. The van der Waals surface area contributed by atoms with Gasteiger partial charge in [-0.15, -0.1) is 11.3 Å². The van der Waals surface area contributed by atoms with Crippen LogP contribution in [0.2, 0.25) is 0 Å². The quantitative estimate of drug-likeness (QED) is 0.835. The number of hydrogen-bond acceptors (Lipinski definition) is 5. The van der Waals surface area contributed by atoms with Crippen molar-refractivity contribution in [3.63, 3.8) is 0 Å². The number of nitrogens with one attached hydrogen (secondary N) is 1. The predicted molar refractivity (Wildman–Crippen MR) is 83.5 cm³/mol. The summed E-state index contributed by atoms with van der Waals surface area (Å²) in [6, 6.07) is 7.65. The highest BCUT2D eigenvalue weighted by molar-refractivity contribution is 7.91. The molecule has 1 heterocycles. The third-order valence-corrected chi connectivity index (χ3v) is 6.14. The number of sulfonamides is 1. The molecule has 2 N–H and O–H groups in total. The molecule has 0 aliphatic heterocycles. The Labute approximate surface area is 132 Å². The first-order chi connectivity index (χ1) is 10.3. The van der Waals surface area contributed by atoms with Gasteiger partial charge >= 0.3 is 5.97 Å². The Balaban J connectivity index is 2.24. The molecule has 0 saturated carbocycles. The van der Waals surface area contributed by atoms with Crippen LogP contribution in [-0.2, 0) is 21.2 Å². The lowest BCUT2D eigenvalue weighted by Gasteiger charge is -2.14. The Kier molecular flexibility index (Phi) is 4.94. The summed E-state index contributed by atoms with van der Waals surface area (Å²) < 4.78 is 27.0. The molecule has 1 atom stereocenters. The Morgan fingerprint density at radius 1 is 1.32 bits per heavy atom. The van der Waals surface area contributed by atoms with Crippen molar-refractivity contribution >= 4 is 27.3 Å². The predicted octanol–water partition coefficient (Wildman–Crippen LogP) is 1.73. The molecular weight excluding hydrogens is 324 g/mol. The second kappa shape index (κ2) is 6.55. The summed E-state index contributed by atoms with van der Waals surface area (Å²) >= 11 is 1.03. The van der Waals surface area contributed by atoms with E-state index < -0.39 is 22.0 Å². The Hall–Kier alpha value is -1.77. The minimum absolute atomic E-state index is 0.0595. The van der Waals surface area contributed by atoms with E-state index in [0.29, 0.717) is 10.7 Å². The fourth-order valence-corrected chi connectivity index (χ4v) is 4.72. The maximum atomic E-state index is 12.4. The van der Waals surface area contributed by atoms with Gasteiger partial charge in [0, 0.05) is 0 Å². The van der Waals surface area contributed by atoms with Gasteiger partial charge < -0.3 is 5.11 Å². The van der Waals surface area contributed by atoms with Gasteiger partial charge in [0.05, 0.1) is 10.7 Å². The molecule has 8 heteroatoms. The SMILES string of the molecule is Cc1nc(C)c(S(=O)(=O)N[C@H](Cc2ccccc2)C(=O)O)s1. The van der Waals surface area contributed by atoms with E-state index >= 15 is 0 Å². The monoisotopic (exact) mass is 340 g/mol. The minimum atomic E-state index is -3.91. The van der Waals surface area contributed by atoms with E-state index in [1.807, 2.05) is 6.07 Å². The van der Waals surface area contributed by atoms with Crippen molar-refractivity contribution in [2.75, 3.05) is 0 Å². The van der Waals surface area contributed by atoms with Gasteiger partial charge in [-0.1, -0.05) is 30.3 Å². The van der Waals surface area contributed by atoms with Crippen LogP contribution < -0.4 is 4.72 Å². The second-order valence-electron chi connectivity index (χ2n) is 4.81. The Morgan fingerprint density at radius 2 is 1.95 bits per heavy atom. The second-order valence-corrected chi connectivity index (χ2v) is 7.92. The summed E-state index contributed by atoms with van der Waals surface area (Å²) in [5.41, 5.74) is 1.12. The molecule has 0 spiro atoms.